The van der Waals surface area contributed by atoms with Crippen molar-refractivity contribution in [2.75, 3.05) is 5.75 Å². The molecule has 0 atom stereocenters. The van der Waals surface area contributed by atoms with E-state index in [1.807, 2.05) is 20.8 Å². The minimum atomic E-state index is -3.48. The third-order valence-electron chi connectivity index (χ3n) is 2.01. The second-order valence-corrected chi connectivity index (χ2v) is 7.06. The Bertz CT molecular complexity index is 529. The van der Waals surface area contributed by atoms with Gasteiger partial charge in [0, 0.05) is 12.1 Å². The number of nitro benzene ring substituents is 1. The van der Waals surface area contributed by atoms with Crippen LogP contribution in [0.4, 0.5) is 5.69 Å². The molecule has 0 aliphatic heterocycles. The van der Waals surface area contributed by atoms with Crippen LogP contribution in [0, 0.1) is 15.5 Å². The summed E-state index contributed by atoms with van der Waals surface area (Å²) in [6, 6.07) is 5.14. The summed E-state index contributed by atoms with van der Waals surface area (Å²) in [4.78, 5) is 9.98. The Morgan fingerprint density at radius 1 is 1.29 bits per heavy atom. The summed E-state index contributed by atoms with van der Waals surface area (Å²) in [5.74, 6) is -0.0405. The Labute approximate surface area is 101 Å². The highest BCUT2D eigenvalue weighted by atomic mass is 32.2. The van der Waals surface area contributed by atoms with E-state index in [2.05, 4.69) is 0 Å². The predicted octanol–water partition coefficient (Wildman–Crippen LogP) is 2.41. The number of rotatable bonds is 3. The lowest BCUT2D eigenvalue weighted by molar-refractivity contribution is -0.385. The maximum Gasteiger partial charge on any atom is 0.270 e. The SMILES string of the molecule is CC(C)(C)CS(=O)(=O)c1cccc([N+](=O)[O-])c1. The van der Waals surface area contributed by atoms with Crippen LogP contribution in [0.15, 0.2) is 29.2 Å². The normalized spacial score (nSPS) is 12.4. The highest BCUT2D eigenvalue weighted by Crippen LogP contribution is 2.24. The molecule has 17 heavy (non-hydrogen) atoms. The van der Waals surface area contributed by atoms with Gasteiger partial charge in [-0.3, -0.25) is 10.1 Å². The summed E-state index contributed by atoms with van der Waals surface area (Å²) in [7, 11) is -3.48. The first-order chi connectivity index (χ1) is 7.62. The van der Waals surface area contributed by atoms with Gasteiger partial charge in [-0.1, -0.05) is 26.8 Å². The Balaban J connectivity index is 3.16. The van der Waals surface area contributed by atoms with Gasteiger partial charge in [0.25, 0.3) is 5.69 Å². The van der Waals surface area contributed by atoms with Crippen molar-refractivity contribution in [3.05, 3.63) is 34.4 Å². The molecule has 0 spiro atoms. The summed E-state index contributed by atoms with van der Waals surface area (Å²) in [6.45, 7) is 5.42. The zero-order chi connectivity index (χ0) is 13.3. The molecular weight excluding hydrogens is 242 g/mol. The summed E-state index contributed by atoms with van der Waals surface area (Å²) >= 11 is 0. The average molecular weight is 257 g/mol. The molecule has 1 rings (SSSR count). The van der Waals surface area contributed by atoms with Gasteiger partial charge in [-0.15, -0.1) is 0 Å². The first-order valence-corrected chi connectivity index (χ1v) is 6.74. The van der Waals surface area contributed by atoms with Gasteiger partial charge in [0.15, 0.2) is 9.84 Å². The van der Waals surface area contributed by atoms with Gasteiger partial charge in [0.05, 0.1) is 15.6 Å². The van der Waals surface area contributed by atoms with E-state index in [0.29, 0.717) is 0 Å². The first-order valence-electron chi connectivity index (χ1n) is 5.09. The number of benzene rings is 1. The van der Waals surface area contributed by atoms with Crippen molar-refractivity contribution in [3.63, 3.8) is 0 Å². The molecule has 0 saturated carbocycles. The number of hydrogen-bond donors (Lipinski definition) is 0. The van der Waals surface area contributed by atoms with E-state index in [0.717, 1.165) is 6.07 Å². The standard InChI is InChI=1S/C11H15NO4S/c1-11(2,3)8-17(15,16)10-6-4-5-9(7-10)12(13)14/h4-7H,8H2,1-3H3. The van der Waals surface area contributed by atoms with Crippen LogP contribution in [-0.2, 0) is 9.84 Å². The molecule has 0 bridgehead atoms. The Morgan fingerprint density at radius 3 is 2.35 bits per heavy atom. The van der Waals surface area contributed by atoms with Gasteiger partial charge < -0.3 is 0 Å². The highest BCUT2D eigenvalue weighted by Gasteiger charge is 2.24. The number of nitrogens with zero attached hydrogens (tertiary/aromatic N) is 1. The summed E-state index contributed by atoms with van der Waals surface area (Å²) in [5.41, 5.74) is -0.594. The lowest BCUT2D eigenvalue weighted by Crippen LogP contribution is -2.20. The molecule has 0 aliphatic carbocycles. The number of non-ortho nitro benzene ring substituents is 1. The lowest BCUT2D eigenvalue weighted by atomic mass is 10.0. The molecule has 6 heteroatoms. The van der Waals surface area contributed by atoms with Gasteiger partial charge in [0.2, 0.25) is 0 Å². The van der Waals surface area contributed by atoms with Crippen LogP contribution in [0.2, 0.25) is 0 Å². The van der Waals surface area contributed by atoms with E-state index < -0.39 is 14.8 Å². The molecule has 1 aromatic carbocycles. The molecule has 0 fully saturated rings. The van der Waals surface area contributed by atoms with Crippen molar-refractivity contribution in [3.8, 4) is 0 Å². The minimum absolute atomic E-state index is 0.00150. The van der Waals surface area contributed by atoms with E-state index in [4.69, 9.17) is 0 Å². The van der Waals surface area contributed by atoms with Crippen molar-refractivity contribution in [1.82, 2.24) is 0 Å². The highest BCUT2D eigenvalue weighted by molar-refractivity contribution is 7.91. The summed E-state index contributed by atoms with van der Waals surface area (Å²) in [6.07, 6.45) is 0. The van der Waals surface area contributed by atoms with Crippen LogP contribution < -0.4 is 0 Å². The molecule has 1 aromatic rings. The fraction of sp³-hybridized carbons (Fsp3) is 0.455. The molecule has 0 aliphatic rings. The molecule has 0 aromatic heterocycles. The number of hydrogen-bond acceptors (Lipinski definition) is 4. The zero-order valence-electron chi connectivity index (χ0n) is 10.0. The van der Waals surface area contributed by atoms with Crippen LogP contribution in [0.1, 0.15) is 20.8 Å². The molecule has 0 heterocycles. The maximum atomic E-state index is 12.0. The monoisotopic (exact) mass is 257 g/mol. The van der Waals surface area contributed by atoms with Crippen LogP contribution >= 0.6 is 0 Å². The van der Waals surface area contributed by atoms with Crippen LogP contribution in [0.25, 0.3) is 0 Å². The van der Waals surface area contributed by atoms with Gasteiger partial charge >= 0.3 is 0 Å². The van der Waals surface area contributed by atoms with Crippen molar-refractivity contribution in [2.24, 2.45) is 5.41 Å². The van der Waals surface area contributed by atoms with Gasteiger partial charge in [0.1, 0.15) is 0 Å². The van der Waals surface area contributed by atoms with Gasteiger partial charge in [-0.05, 0) is 11.5 Å². The average Bonchev–Trinajstić information content (AvgIpc) is 2.14. The smallest absolute Gasteiger partial charge is 0.258 e. The molecule has 0 unspecified atom stereocenters. The Hall–Kier alpha value is -1.43. The zero-order valence-corrected chi connectivity index (χ0v) is 10.8. The van der Waals surface area contributed by atoms with E-state index in [9.17, 15) is 18.5 Å². The third-order valence-corrected chi connectivity index (χ3v) is 4.23. The molecule has 0 amide bonds. The van der Waals surface area contributed by atoms with Crippen LogP contribution in [0.5, 0.6) is 0 Å². The van der Waals surface area contributed by atoms with Crippen molar-refractivity contribution in [2.45, 2.75) is 25.7 Å². The molecule has 0 saturated heterocycles. The van der Waals surface area contributed by atoms with Crippen LogP contribution in [0.3, 0.4) is 0 Å². The maximum absolute atomic E-state index is 12.0. The summed E-state index contributed by atoms with van der Waals surface area (Å²) < 4.78 is 24.0. The predicted molar refractivity (Wildman–Crippen MR) is 64.6 cm³/mol. The fourth-order valence-electron chi connectivity index (χ4n) is 1.44. The lowest BCUT2D eigenvalue weighted by Gasteiger charge is -2.17. The molecule has 0 N–H and O–H groups in total. The van der Waals surface area contributed by atoms with Crippen molar-refractivity contribution in [1.29, 1.82) is 0 Å². The Kier molecular flexibility index (Phi) is 3.56. The quantitative estimate of drug-likeness (QED) is 0.615. The van der Waals surface area contributed by atoms with Gasteiger partial charge in [-0.2, -0.15) is 0 Å². The molecular formula is C11H15NO4S. The topological polar surface area (TPSA) is 77.3 Å². The minimum Gasteiger partial charge on any atom is -0.258 e. The van der Waals surface area contributed by atoms with E-state index >= 15 is 0 Å². The molecule has 0 radical (unpaired) electrons. The number of nitro groups is 1. The largest absolute Gasteiger partial charge is 0.270 e. The van der Waals surface area contributed by atoms with Crippen molar-refractivity contribution < 1.29 is 13.3 Å². The van der Waals surface area contributed by atoms with E-state index in [1.165, 1.54) is 18.2 Å². The van der Waals surface area contributed by atoms with Crippen molar-refractivity contribution >= 4 is 15.5 Å². The molecule has 94 valence electrons. The molecule has 5 nitrogen and oxygen atoms in total. The summed E-state index contributed by atoms with van der Waals surface area (Å²) in [5, 5.41) is 10.6. The third kappa shape index (κ3) is 3.81. The second-order valence-electron chi connectivity index (χ2n) is 5.07. The van der Waals surface area contributed by atoms with Gasteiger partial charge in [-0.25, -0.2) is 8.42 Å². The van der Waals surface area contributed by atoms with Crippen LogP contribution in [-0.4, -0.2) is 19.1 Å². The first kappa shape index (κ1) is 13.6. The van der Waals surface area contributed by atoms with E-state index in [1.54, 1.807) is 0 Å². The van der Waals surface area contributed by atoms with E-state index in [-0.39, 0.29) is 21.8 Å². The Morgan fingerprint density at radius 2 is 1.88 bits per heavy atom. The fourth-order valence-corrected chi connectivity index (χ4v) is 3.34. The second kappa shape index (κ2) is 4.44. The number of sulfone groups is 1.